The molecule has 1 aromatic heterocycles. The van der Waals surface area contributed by atoms with Gasteiger partial charge in [-0.05, 0) is 25.5 Å². The van der Waals surface area contributed by atoms with Gasteiger partial charge in [0.15, 0.2) is 6.61 Å². The van der Waals surface area contributed by atoms with Gasteiger partial charge in [-0.2, -0.15) is 5.10 Å². The van der Waals surface area contributed by atoms with Gasteiger partial charge in [-0.1, -0.05) is 30.3 Å². The van der Waals surface area contributed by atoms with Crippen LogP contribution >= 0.6 is 0 Å². The third-order valence-electron chi connectivity index (χ3n) is 3.78. The Bertz CT molecular complexity index is 793. The summed E-state index contributed by atoms with van der Waals surface area (Å²) in [6, 6.07) is 11.3. The quantitative estimate of drug-likeness (QED) is 0.810. The van der Waals surface area contributed by atoms with E-state index in [2.05, 4.69) is 5.10 Å². The van der Waals surface area contributed by atoms with Crippen LogP contribution in [0, 0.1) is 13.8 Å². The lowest BCUT2D eigenvalue weighted by molar-refractivity contribution is -0.134. The SMILES string of the molecule is Cc1cc(C(=O)OCC(=O)N2CCC(c3ccccc3)=N2)c(C)o1. The number of aryl methyl sites for hydroxylation is 2. The van der Waals surface area contributed by atoms with Gasteiger partial charge in [0.25, 0.3) is 5.91 Å². The van der Waals surface area contributed by atoms with E-state index in [-0.39, 0.29) is 12.5 Å². The fourth-order valence-corrected chi connectivity index (χ4v) is 2.58. The standard InChI is InChI=1S/C18H18N2O4/c1-12-10-15(13(2)24-12)18(22)23-11-17(21)20-9-8-16(19-20)14-6-4-3-5-7-14/h3-7,10H,8-9,11H2,1-2H3. The first kappa shape index (κ1) is 16.0. The summed E-state index contributed by atoms with van der Waals surface area (Å²) >= 11 is 0. The van der Waals surface area contributed by atoms with E-state index < -0.39 is 5.97 Å². The van der Waals surface area contributed by atoms with Crippen LogP contribution in [-0.2, 0) is 9.53 Å². The Morgan fingerprint density at radius 2 is 2.00 bits per heavy atom. The van der Waals surface area contributed by atoms with Crippen molar-refractivity contribution >= 4 is 17.6 Å². The van der Waals surface area contributed by atoms with Crippen LogP contribution in [0.3, 0.4) is 0 Å². The maximum atomic E-state index is 12.2. The highest BCUT2D eigenvalue weighted by Gasteiger charge is 2.23. The number of hydrogen-bond acceptors (Lipinski definition) is 5. The van der Waals surface area contributed by atoms with Crippen LogP contribution in [0.1, 0.15) is 33.9 Å². The summed E-state index contributed by atoms with van der Waals surface area (Å²) in [6.45, 7) is 3.58. The topological polar surface area (TPSA) is 72.1 Å². The van der Waals surface area contributed by atoms with Crippen LogP contribution in [0.2, 0.25) is 0 Å². The first-order valence-electron chi connectivity index (χ1n) is 7.72. The predicted octanol–water partition coefficient (Wildman–Crippen LogP) is 2.69. The lowest BCUT2D eigenvalue weighted by Gasteiger charge is -2.11. The van der Waals surface area contributed by atoms with Gasteiger partial charge in [0.1, 0.15) is 17.1 Å². The zero-order valence-corrected chi connectivity index (χ0v) is 13.6. The molecule has 0 saturated carbocycles. The summed E-state index contributed by atoms with van der Waals surface area (Å²) in [5.41, 5.74) is 2.20. The monoisotopic (exact) mass is 326 g/mol. The smallest absolute Gasteiger partial charge is 0.342 e. The van der Waals surface area contributed by atoms with E-state index in [0.29, 0.717) is 30.0 Å². The minimum absolute atomic E-state index is 0.339. The molecule has 0 fully saturated rings. The summed E-state index contributed by atoms with van der Waals surface area (Å²) in [5.74, 6) is 0.203. The molecule has 0 N–H and O–H groups in total. The average molecular weight is 326 g/mol. The van der Waals surface area contributed by atoms with Crippen LogP contribution in [-0.4, -0.2) is 35.7 Å². The number of ether oxygens (including phenoxy) is 1. The van der Waals surface area contributed by atoms with E-state index in [1.807, 2.05) is 30.3 Å². The van der Waals surface area contributed by atoms with E-state index in [1.54, 1.807) is 19.9 Å². The second-order valence-corrected chi connectivity index (χ2v) is 5.58. The van der Waals surface area contributed by atoms with Gasteiger partial charge in [-0.15, -0.1) is 0 Å². The summed E-state index contributed by atoms with van der Waals surface area (Å²) in [7, 11) is 0. The molecule has 0 radical (unpaired) electrons. The number of rotatable bonds is 4. The molecule has 0 unspecified atom stereocenters. The van der Waals surface area contributed by atoms with Gasteiger partial charge < -0.3 is 9.15 Å². The average Bonchev–Trinajstić information content (AvgIpc) is 3.20. The minimum Gasteiger partial charge on any atom is -0.466 e. The number of hydrogen-bond donors (Lipinski definition) is 0. The number of carbonyl (C=O) groups excluding carboxylic acids is 2. The normalized spacial score (nSPS) is 13.8. The molecule has 124 valence electrons. The molecule has 6 heteroatoms. The zero-order chi connectivity index (χ0) is 17.1. The van der Waals surface area contributed by atoms with Gasteiger partial charge in [-0.3, -0.25) is 4.79 Å². The van der Waals surface area contributed by atoms with Gasteiger partial charge in [0, 0.05) is 6.42 Å². The maximum Gasteiger partial charge on any atom is 0.342 e. The van der Waals surface area contributed by atoms with Crippen molar-refractivity contribution in [1.29, 1.82) is 0 Å². The van der Waals surface area contributed by atoms with Gasteiger partial charge in [0.2, 0.25) is 0 Å². The van der Waals surface area contributed by atoms with Crippen molar-refractivity contribution in [3.63, 3.8) is 0 Å². The Labute approximate surface area is 139 Å². The Kier molecular flexibility index (Phi) is 4.46. The summed E-state index contributed by atoms with van der Waals surface area (Å²) in [6.07, 6.45) is 0.684. The number of benzene rings is 1. The fraction of sp³-hybridized carbons (Fsp3) is 0.278. The lowest BCUT2D eigenvalue weighted by atomic mass is 10.1. The number of hydrazone groups is 1. The number of esters is 1. The van der Waals surface area contributed by atoms with Gasteiger partial charge >= 0.3 is 5.97 Å². The van der Waals surface area contributed by atoms with E-state index in [0.717, 1.165) is 11.3 Å². The third kappa shape index (κ3) is 3.37. The molecule has 24 heavy (non-hydrogen) atoms. The first-order chi connectivity index (χ1) is 11.5. The van der Waals surface area contributed by atoms with E-state index in [1.165, 1.54) is 5.01 Å². The summed E-state index contributed by atoms with van der Waals surface area (Å²) in [4.78, 5) is 24.2. The third-order valence-corrected chi connectivity index (χ3v) is 3.78. The van der Waals surface area contributed by atoms with Crippen molar-refractivity contribution < 1.29 is 18.7 Å². The number of furan rings is 1. The van der Waals surface area contributed by atoms with Gasteiger partial charge in [0.05, 0.1) is 12.3 Å². The highest BCUT2D eigenvalue weighted by molar-refractivity contribution is 6.02. The molecule has 0 atom stereocenters. The molecule has 2 aromatic rings. The second kappa shape index (κ2) is 6.70. The molecule has 0 aliphatic carbocycles. The maximum absolute atomic E-state index is 12.2. The van der Waals surface area contributed by atoms with Crippen LogP contribution in [0.4, 0.5) is 0 Å². The van der Waals surface area contributed by atoms with E-state index in [9.17, 15) is 9.59 Å². The molecule has 1 aliphatic rings. The largest absolute Gasteiger partial charge is 0.466 e. The molecule has 0 saturated heterocycles. The highest BCUT2D eigenvalue weighted by atomic mass is 16.5. The Hall–Kier alpha value is -2.89. The fourth-order valence-electron chi connectivity index (χ4n) is 2.58. The summed E-state index contributed by atoms with van der Waals surface area (Å²) < 4.78 is 10.4. The molecule has 0 bridgehead atoms. The lowest BCUT2D eigenvalue weighted by Crippen LogP contribution is -2.28. The van der Waals surface area contributed by atoms with Crippen molar-refractivity contribution in [2.24, 2.45) is 5.10 Å². The molecule has 0 spiro atoms. The van der Waals surface area contributed by atoms with Crippen molar-refractivity contribution in [2.75, 3.05) is 13.2 Å². The van der Waals surface area contributed by atoms with Crippen molar-refractivity contribution in [3.8, 4) is 0 Å². The van der Waals surface area contributed by atoms with Gasteiger partial charge in [-0.25, -0.2) is 9.80 Å². The zero-order valence-electron chi connectivity index (χ0n) is 13.6. The molecule has 1 amide bonds. The molecular formula is C18H18N2O4. The molecule has 1 aliphatic heterocycles. The molecule has 3 rings (SSSR count). The van der Waals surface area contributed by atoms with Crippen molar-refractivity contribution in [2.45, 2.75) is 20.3 Å². The molecule has 1 aromatic carbocycles. The Balaban J connectivity index is 1.59. The van der Waals surface area contributed by atoms with Crippen LogP contribution in [0.25, 0.3) is 0 Å². The van der Waals surface area contributed by atoms with E-state index in [4.69, 9.17) is 9.15 Å². The number of nitrogens with zero attached hydrogens (tertiary/aromatic N) is 2. The molecule has 6 nitrogen and oxygen atoms in total. The van der Waals surface area contributed by atoms with Crippen LogP contribution < -0.4 is 0 Å². The first-order valence-corrected chi connectivity index (χ1v) is 7.72. The number of carbonyl (C=O) groups is 2. The molecule has 2 heterocycles. The molecular weight excluding hydrogens is 308 g/mol. The number of amides is 1. The predicted molar refractivity (Wildman–Crippen MR) is 87.8 cm³/mol. The van der Waals surface area contributed by atoms with Crippen LogP contribution in [0.15, 0.2) is 45.9 Å². The van der Waals surface area contributed by atoms with Crippen molar-refractivity contribution in [1.82, 2.24) is 5.01 Å². The summed E-state index contributed by atoms with van der Waals surface area (Å²) in [5, 5.41) is 5.67. The van der Waals surface area contributed by atoms with E-state index >= 15 is 0 Å². The van der Waals surface area contributed by atoms with Crippen molar-refractivity contribution in [3.05, 3.63) is 59.0 Å². The Morgan fingerprint density at radius 1 is 1.25 bits per heavy atom. The second-order valence-electron chi connectivity index (χ2n) is 5.58. The van der Waals surface area contributed by atoms with Crippen LogP contribution in [0.5, 0.6) is 0 Å². The highest BCUT2D eigenvalue weighted by Crippen LogP contribution is 2.16. The minimum atomic E-state index is -0.566. The Morgan fingerprint density at radius 3 is 2.67 bits per heavy atom.